The summed E-state index contributed by atoms with van der Waals surface area (Å²) in [7, 11) is 1.62. The van der Waals surface area contributed by atoms with Crippen molar-refractivity contribution in [1.29, 1.82) is 0 Å². The van der Waals surface area contributed by atoms with E-state index in [1.54, 1.807) is 7.11 Å². The van der Waals surface area contributed by atoms with Crippen molar-refractivity contribution in [3.05, 3.63) is 64.7 Å². The smallest absolute Gasteiger partial charge is 0.193 e. The Morgan fingerprint density at radius 2 is 1.70 bits per heavy atom. The molecule has 2 rings (SSSR count). The molecule has 0 saturated carbocycles. The molecule has 0 fully saturated rings. The maximum Gasteiger partial charge on any atom is 0.193 e. The van der Waals surface area contributed by atoms with Gasteiger partial charge < -0.3 is 4.74 Å². The van der Waals surface area contributed by atoms with Crippen LogP contribution in [0.5, 0.6) is 5.75 Å². The summed E-state index contributed by atoms with van der Waals surface area (Å²) in [6, 6.07) is 13.4. The molecule has 0 N–H and O–H groups in total. The van der Waals surface area contributed by atoms with Crippen LogP contribution >= 0.6 is 0 Å². The van der Waals surface area contributed by atoms with Gasteiger partial charge in [0.15, 0.2) is 5.78 Å². The lowest BCUT2D eigenvalue weighted by molar-refractivity contribution is 0.103. The summed E-state index contributed by atoms with van der Waals surface area (Å²) in [5.41, 5.74) is 3.53. The molecule has 0 unspecified atom stereocenters. The Hall–Kier alpha value is -2.09. The molecule has 0 aromatic heterocycles. The van der Waals surface area contributed by atoms with Crippen molar-refractivity contribution >= 4 is 5.78 Å². The van der Waals surface area contributed by atoms with Crippen LogP contribution in [0.2, 0.25) is 0 Å². The van der Waals surface area contributed by atoms with Crippen molar-refractivity contribution in [3.8, 4) is 5.75 Å². The van der Waals surface area contributed by atoms with Crippen LogP contribution in [0.15, 0.2) is 42.5 Å². The molecule has 2 aromatic carbocycles. The lowest BCUT2D eigenvalue weighted by Crippen LogP contribution is -2.05. The van der Waals surface area contributed by atoms with E-state index in [9.17, 15) is 4.79 Å². The van der Waals surface area contributed by atoms with Gasteiger partial charge >= 0.3 is 0 Å². The Balaban J connectivity index is 2.36. The van der Waals surface area contributed by atoms with Crippen LogP contribution in [0, 0.1) is 6.92 Å². The fourth-order valence-electron chi connectivity index (χ4n) is 2.26. The van der Waals surface area contributed by atoms with Crippen molar-refractivity contribution in [2.75, 3.05) is 7.11 Å². The molecular formula is C18H20O2. The minimum absolute atomic E-state index is 0.0386. The number of carbonyl (C=O) groups excluding carboxylic acids is 1. The van der Waals surface area contributed by atoms with Gasteiger partial charge in [-0.2, -0.15) is 0 Å². The number of hydrogen-bond acceptors (Lipinski definition) is 2. The summed E-state index contributed by atoms with van der Waals surface area (Å²) in [5, 5.41) is 0. The number of ketones is 1. The van der Waals surface area contributed by atoms with E-state index in [1.807, 2.05) is 49.4 Å². The van der Waals surface area contributed by atoms with Crippen LogP contribution in [0.25, 0.3) is 0 Å². The van der Waals surface area contributed by atoms with Gasteiger partial charge in [0, 0.05) is 16.7 Å². The van der Waals surface area contributed by atoms with Crippen molar-refractivity contribution in [2.45, 2.75) is 26.7 Å². The first kappa shape index (κ1) is 14.3. The zero-order valence-electron chi connectivity index (χ0n) is 12.4. The van der Waals surface area contributed by atoms with Gasteiger partial charge in [-0.25, -0.2) is 0 Å². The number of ether oxygens (including phenoxy) is 1. The molecule has 2 aromatic rings. The van der Waals surface area contributed by atoms with Gasteiger partial charge in [0.05, 0.1) is 7.11 Å². The quantitative estimate of drug-likeness (QED) is 0.770. The number of carbonyl (C=O) groups is 1. The van der Waals surface area contributed by atoms with Crippen molar-refractivity contribution in [2.24, 2.45) is 0 Å². The van der Waals surface area contributed by atoms with Crippen molar-refractivity contribution in [3.63, 3.8) is 0 Å². The van der Waals surface area contributed by atoms with E-state index >= 15 is 0 Å². The standard InChI is InChI=1S/C18H20O2/c1-12(2)14-8-10-15(11-9-14)18(19)16-6-5-7-17(20-4)13(16)3/h5-12H,1-4H3. The number of benzene rings is 2. The summed E-state index contributed by atoms with van der Waals surface area (Å²) in [4.78, 5) is 12.6. The third-order valence-electron chi connectivity index (χ3n) is 3.59. The van der Waals surface area contributed by atoms with E-state index in [0.29, 0.717) is 17.0 Å². The maximum absolute atomic E-state index is 12.6. The molecule has 0 saturated heterocycles. The lowest BCUT2D eigenvalue weighted by Gasteiger charge is -2.10. The molecule has 0 atom stereocenters. The van der Waals surface area contributed by atoms with Gasteiger partial charge in [0.1, 0.15) is 5.75 Å². The second-order valence-corrected chi connectivity index (χ2v) is 5.24. The van der Waals surface area contributed by atoms with E-state index in [0.717, 1.165) is 11.3 Å². The molecule has 104 valence electrons. The molecule has 0 radical (unpaired) electrons. The molecule has 0 aliphatic rings. The molecular weight excluding hydrogens is 248 g/mol. The lowest BCUT2D eigenvalue weighted by atomic mass is 9.96. The molecule has 2 heteroatoms. The summed E-state index contributed by atoms with van der Waals surface area (Å²) in [6.07, 6.45) is 0. The average molecular weight is 268 g/mol. The zero-order chi connectivity index (χ0) is 14.7. The third kappa shape index (κ3) is 2.74. The fourth-order valence-corrected chi connectivity index (χ4v) is 2.26. The Morgan fingerprint density at radius 3 is 2.25 bits per heavy atom. The van der Waals surface area contributed by atoms with Crippen LogP contribution < -0.4 is 4.74 Å². The second-order valence-electron chi connectivity index (χ2n) is 5.24. The van der Waals surface area contributed by atoms with Crippen LogP contribution in [-0.2, 0) is 0 Å². The Bertz CT molecular complexity index is 610. The van der Waals surface area contributed by atoms with Crippen LogP contribution in [0.3, 0.4) is 0 Å². The summed E-state index contributed by atoms with van der Waals surface area (Å²) in [6.45, 7) is 6.20. The van der Waals surface area contributed by atoms with Crippen LogP contribution in [0.4, 0.5) is 0 Å². The first-order chi connectivity index (χ1) is 9.54. The van der Waals surface area contributed by atoms with Gasteiger partial charge in [-0.15, -0.1) is 0 Å². The normalized spacial score (nSPS) is 10.7. The molecule has 2 nitrogen and oxygen atoms in total. The summed E-state index contributed by atoms with van der Waals surface area (Å²) < 4.78 is 5.27. The molecule has 20 heavy (non-hydrogen) atoms. The maximum atomic E-state index is 12.6. The molecule has 0 aliphatic heterocycles. The summed E-state index contributed by atoms with van der Waals surface area (Å²) in [5.74, 6) is 1.25. The van der Waals surface area contributed by atoms with Crippen LogP contribution in [-0.4, -0.2) is 12.9 Å². The molecule has 0 spiro atoms. The third-order valence-corrected chi connectivity index (χ3v) is 3.59. The largest absolute Gasteiger partial charge is 0.496 e. The SMILES string of the molecule is COc1cccc(C(=O)c2ccc(C(C)C)cc2)c1C. The van der Waals surface area contributed by atoms with Gasteiger partial charge in [-0.05, 0) is 24.5 Å². The van der Waals surface area contributed by atoms with Crippen molar-refractivity contribution < 1.29 is 9.53 Å². The summed E-state index contributed by atoms with van der Waals surface area (Å²) >= 11 is 0. The van der Waals surface area contributed by atoms with Crippen molar-refractivity contribution in [1.82, 2.24) is 0 Å². The molecule has 0 aliphatic carbocycles. The zero-order valence-corrected chi connectivity index (χ0v) is 12.4. The van der Waals surface area contributed by atoms with E-state index in [4.69, 9.17) is 4.74 Å². The Morgan fingerprint density at radius 1 is 1.05 bits per heavy atom. The van der Waals surface area contributed by atoms with Crippen LogP contribution in [0.1, 0.15) is 46.8 Å². The molecule has 0 amide bonds. The number of methoxy groups -OCH3 is 1. The fraction of sp³-hybridized carbons (Fsp3) is 0.278. The van der Waals surface area contributed by atoms with E-state index in [2.05, 4.69) is 13.8 Å². The second kappa shape index (κ2) is 5.91. The minimum atomic E-state index is 0.0386. The number of hydrogen-bond donors (Lipinski definition) is 0. The Kier molecular flexibility index (Phi) is 4.23. The van der Waals surface area contributed by atoms with Gasteiger partial charge in [0.2, 0.25) is 0 Å². The molecule has 0 heterocycles. The minimum Gasteiger partial charge on any atom is -0.496 e. The predicted molar refractivity (Wildman–Crippen MR) is 81.7 cm³/mol. The first-order valence-corrected chi connectivity index (χ1v) is 6.83. The highest BCUT2D eigenvalue weighted by atomic mass is 16.5. The number of rotatable bonds is 4. The highest BCUT2D eigenvalue weighted by molar-refractivity contribution is 6.10. The first-order valence-electron chi connectivity index (χ1n) is 6.83. The van der Waals surface area contributed by atoms with E-state index in [-0.39, 0.29) is 5.78 Å². The highest BCUT2D eigenvalue weighted by Gasteiger charge is 2.14. The van der Waals surface area contributed by atoms with Gasteiger partial charge in [0.25, 0.3) is 0 Å². The van der Waals surface area contributed by atoms with E-state index < -0.39 is 0 Å². The predicted octanol–water partition coefficient (Wildman–Crippen LogP) is 4.36. The monoisotopic (exact) mass is 268 g/mol. The Labute approximate surface area is 120 Å². The van der Waals surface area contributed by atoms with Gasteiger partial charge in [-0.3, -0.25) is 4.79 Å². The molecule has 0 bridgehead atoms. The van der Waals surface area contributed by atoms with E-state index in [1.165, 1.54) is 5.56 Å². The van der Waals surface area contributed by atoms with Gasteiger partial charge in [-0.1, -0.05) is 50.2 Å². The average Bonchev–Trinajstić information content (AvgIpc) is 2.47. The highest BCUT2D eigenvalue weighted by Crippen LogP contribution is 2.24. The topological polar surface area (TPSA) is 26.3 Å².